The molecule has 2 N–H and O–H groups in total. The number of benzene rings is 2. The second-order valence-electron chi connectivity index (χ2n) is 7.32. The van der Waals surface area contributed by atoms with E-state index in [9.17, 15) is 23.1 Å². The van der Waals surface area contributed by atoms with Gasteiger partial charge in [0.1, 0.15) is 5.75 Å². The van der Waals surface area contributed by atoms with Crippen LogP contribution >= 0.6 is 11.8 Å². The van der Waals surface area contributed by atoms with Gasteiger partial charge in [-0.05, 0) is 41.6 Å². The van der Waals surface area contributed by atoms with E-state index in [-0.39, 0.29) is 0 Å². The van der Waals surface area contributed by atoms with Crippen LogP contribution in [0.4, 0.5) is 13.2 Å². The van der Waals surface area contributed by atoms with Gasteiger partial charge >= 0.3 is 12.1 Å². The number of carboxylic acid groups (broad SMARTS) is 1. The Labute approximate surface area is 194 Å². The van der Waals surface area contributed by atoms with Gasteiger partial charge in [0.05, 0.1) is 12.7 Å². The molecular weight excluding hydrogens is 453 g/mol. The maximum Gasteiger partial charge on any atom is 0.416 e. The summed E-state index contributed by atoms with van der Waals surface area (Å²) in [4.78, 5) is 12.2. The number of nitrogens with zero attached hydrogens (tertiary/aromatic N) is 1. The zero-order valence-corrected chi connectivity index (χ0v) is 18.9. The molecule has 5 nitrogen and oxygen atoms in total. The number of ether oxygens (including phenoxy) is 1. The molecule has 9 heteroatoms. The highest BCUT2D eigenvalue weighted by molar-refractivity contribution is 7.98. The second kappa shape index (κ2) is 10.6. The number of alkyl halides is 3. The Balaban J connectivity index is 2.03. The lowest BCUT2D eigenvalue weighted by molar-refractivity contribution is -0.652. The van der Waals surface area contributed by atoms with Crippen molar-refractivity contribution in [1.29, 1.82) is 0 Å². The van der Waals surface area contributed by atoms with E-state index >= 15 is 0 Å². The third-order valence-electron chi connectivity index (χ3n) is 5.19. The van der Waals surface area contributed by atoms with E-state index in [4.69, 9.17) is 4.74 Å². The fourth-order valence-electron chi connectivity index (χ4n) is 3.56. The molecule has 1 heterocycles. The average Bonchev–Trinajstić information content (AvgIpc) is 2.81. The Morgan fingerprint density at radius 2 is 1.73 bits per heavy atom. The molecule has 2 atom stereocenters. The van der Waals surface area contributed by atoms with Crippen molar-refractivity contribution < 1.29 is 32.5 Å². The molecule has 3 rings (SSSR count). The van der Waals surface area contributed by atoms with Crippen LogP contribution < -0.4 is 14.8 Å². The molecule has 174 valence electrons. The number of hydrogen-bond acceptors (Lipinski definition) is 4. The summed E-state index contributed by atoms with van der Waals surface area (Å²) in [6.45, 7) is 0. The van der Waals surface area contributed by atoms with Crippen LogP contribution in [0.2, 0.25) is 0 Å². The molecule has 0 fully saturated rings. The van der Waals surface area contributed by atoms with Crippen LogP contribution in [0, 0.1) is 0 Å². The SMILES string of the molecule is COc1ccc(-c2ccc(C(F)(F)F)cc2)cc1C(CSC)[C@H](N[n+]1ccccc1)C(=O)O. The van der Waals surface area contributed by atoms with Crippen LogP contribution in [0.1, 0.15) is 17.0 Å². The van der Waals surface area contributed by atoms with Crippen molar-refractivity contribution in [1.82, 2.24) is 0 Å². The summed E-state index contributed by atoms with van der Waals surface area (Å²) in [7, 11) is 1.50. The Hall–Kier alpha value is -3.20. The molecule has 0 aliphatic carbocycles. The van der Waals surface area contributed by atoms with Crippen LogP contribution in [0.3, 0.4) is 0 Å². The van der Waals surface area contributed by atoms with E-state index in [2.05, 4.69) is 5.43 Å². The quantitative estimate of drug-likeness (QED) is 0.433. The second-order valence-corrected chi connectivity index (χ2v) is 8.23. The standard InChI is InChI=1S/C24H23F3N2O3S/c1-32-21-11-8-17(16-6-9-18(10-7-16)24(25,26)27)14-19(21)20(15-33-2)22(23(30)31)28-29-12-4-3-5-13-29/h3-14,20,22,28H,15H2,1-2H3/p+1/t20?,22-/m0/s1. The van der Waals surface area contributed by atoms with Crippen molar-refractivity contribution >= 4 is 17.7 Å². The third kappa shape index (κ3) is 5.98. The van der Waals surface area contributed by atoms with Crippen LogP contribution in [0.5, 0.6) is 5.75 Å². The number of aromatic nitrogens is 1. The Bertz CT molecular complexity index is 1080. The molecule has 2 aromatic carbocycles. The number of hydrogen-bond donors (Lipinski definition) is 2. The van der Waals surface area contributed by atoms with Crippen molar-refractivity contribution in [3.05, 3.63) is 84.2 Å². The zero-order valence-electron chi connectivity index (χ0n) is 18.0. The number of halogens is 3. The van der Waals surface area contributed by atoms with Crippen molar-refractivity contribution in [3.63, 3.8) is 0 Å². The number of thioether (sulfide) groups is 1. The highest BCUT2D eigenvalue weighted by atomic mass is 32.2. The van der Waals surface area contributed by atoms with Crippen LogP contribution in [-0.4, -0.2) is 36.2 Å². The Kier molecular flexibility index (Phi) is 7.86. The van der Waals surface area contributed by atoms with E-state index in [0.717, 1.165) is 12.1 Å². The molecule has 1 unspecified atom stereocenters. The lowest BCUT2D eigenvalue weighted by atomic mass is 9.90. The smallest absolute Gasteiger partial charge is 0.416 e. The molecule has 0 saturated heterocycles. The van der Waals surface area contributed by atoms with Crippen molar-refractivity contribution in [3.8, 4) is 16.9 Å². The van der Waals surface area contributed by atoms with Gasteiger partial charge in [-0.25, -0.2) is 4.79 Å². The number of nitrogens with one attached hydrogen (secondary N) is 1. The third-order valence-corrected chi connectivity index (χ3v) is 5.89. The normalized spacial score (nSPS) is 13.2. The van der Waals surface area contributed by atoms with Gasteiger partial charge in [-0.15, -0.1) is 0 Å². The van der Waals surface area contributed by atoms with Crippen LogP contribution in [-0.2, 0) is 11.0 Å². The fourth-order valence-corrected chi connectivity index (χ4v) is 4.29. The minimum Gasteiger partial charge on any atom is -0.496 e. The minimum atomic E-state index is -4.41. The first-order valence-corrected chi connectivity index (χ1v) is 11.4. The van der Waals surface area contributed by atoms with E-state index in [0.29, 0.717) is 28.2 Å². The topological polar surface area (TPSA) is 62.4 Å². The zero-order chi connectivity index (χ0) is 24.0. The first-order valence-electron chi connectivity index (χ1n) is 10.0. The van der Waals surface area contributed by atoms with E-state index < -0.39 is 29.7 Å². The average molecular weight is 478 g/mol. The Morgan fingerprint density at radius 3 is 2.27 bits per heavy atom. The molecule has 1 aromatic heterocycles. The molecular formula is C24H24F3N2O3S+. The lowest BCUT2D eigenvalue weighted by Crippen LogP contribution is -2.55. The van der Waals surface area contributed by atoms with Crippen molar-refractivity contribution in [2.75, 3.05) is 24.5 Å². The van der Waals surface area contributed by atoms with Gasteiger partial charge in [-0.1, -0.05) is 28.9 Å². The molecule has 0 spiro atoms. The number of carboxylic acids is 1. The van der Waals surface area contributed by atoms with Gasteiger partial charge < -0.3 is 9.84 Å². The Morgan fingerprint density at radius 1 is 1.09 bits per heavy atom. The number of pyridine rings is 1. The first-order chi connectivity index (χ1) is 15.7. The number of methoxy groups -OCH3 is 1. The first kappa shape index (κ1) is 24.4. The molecule has 33 heavy (non-hydrogen) atoms. The molecule has 3 aromatic rings. The number of rotatable bonds is 9. The van der Waals surface area contributed by atoms with Gasteiger partial charge in [0.2, 0.25) is 0 Å². The summed E-state index contributed by atoms with van der Waals surface area (Å²) in [5.74, 6) is -0.540. The maximum absolute atomic E-state index is 12.9. The van der Waals surface area contributed by atoms with E-state index in [1.807, 2.05) is 12.3 Å². The molecule has 0 aliphatic rings. The van der Waals surface area contributed by atoms with Crippen molar-refractivity contribution in [2.45, 2.75) is 18.1 Å². The summed E-state index contributed by atoms with van der Waals surface area (Å²) in [5.41, 5.74) is 4.21. The molecule has 0 aliphatic heterocycles. The summed E-state index contributed by atoms with van der Waals surface area (Å²) >= 11 is 1.49. The largest absolute Gasteiger partial charge is 0.496 e. The van der Waals surface area contributed by atoms with E-state index in [1.165, 1.54) is 31.0 Å². The van der Waals surface area contributed by atoms with Gasteiger partial charge in [-0.3, -0.25) is 0 Å². The van der Waals surface area contributed by atoms with Gasteiger partial charge in [0, 0.05) is 29.4 Å². The molecule has 0 radical (unpaired) electrons. The predicted molar refractivity (Wildman–Crippen MR) is 122 cm³/mol. The monoisotopic (exact) mass is 477 g/mol. The molecule has 0 saturated carbocycles. The molecule has 0 amide bonds. The fraction of sp³-hybridized carbons (Fsp3) is 0.250. The summed E-state index contributed by atoms with van der Waals surface area (Å²) in [5, 5.41) is 10.0. The van der Waals surface area contributed by atoms with Crippen molar-refractivity contribution in [2.24, 2.45) is 0 Å². The van der Waals surface area contributed by atoms with Crippen LogP contribution in [0.25, 0.3) is 11.1 Å². The molecule has 0 bridgehead atoms. The predicted octanol–water partition coefficient (Wildman–Crippen LogP) is 4.81. The van der Waals surface area contributed by atoms with Gasteiger partial charge in [0.15, 0.2) is 18.4 Å². The summed E-state index contributed by atoms with van der Waals surface area (Å²) in [6.07, 6.45) is 0.889. The van der Waals surface area contributed by atoms with E-state index in [1.54, 1.807) is 47.4 Å². The number of aliphatic carboxylic acids is 1. The number of carbonyl (C=O) groups is 1. The van der Waals surface area contributed by atoms with Crippen LogP contribution in [0.15, 0.2) is 73.1 Å². The summed E-state index contributed by atoms with van der Waals surface area (Å²) in [6, 6.07) is 14.5. The highest BCUT2D eigenvalue weighted by Crippen LogP contribution is 2.36. The maximum atomic E-state index is 12.9. The minimum absolute atomic E-state index is 0.476. The van der Waals surface area contributed by atoms with Gasteiger partial charge in [-0.2, -0.15) is 30.4 Å². The lowest BCUT2D eigenvalue weighted by Gasteiger charge is -2.25. The highest BCUT2D eigenvalue weighted by Gasteiger charge is 2.34. The van der Waals surface area contributed by atoms with Gasteiger partial charge in [0.25, 0.3) is 0 Å². The summed E-state index contributed by atoms with van der Waals surface area (Å²) < 4.78 is 45.9.